The highest BCUT2D eigenvalue weighted by Gasteiger charge is 2.46. The lowest BCUT2D eigenvalue weighted by Gasteiger charge is -2.27. The van der Waals surface area contributed by atoms with Crippen LogP contribution in [0.5, 0.6) is 0 Å². The molecule has 3 aromatic rings. The number of halogens is 3. The van der Waals surface area contributed by atoms with E-state index in [0.717, 1.165) is 27.6 Å². The van der Waals surface area contributed by atoms with Crippen molar-refractivity contribution in [1.82, 2.24) is 0 Å². The number of nitrogens with zero attached hydrogens (tertiary/aromatic N) is 1. The quantitative estimate of drug-likeness (QED) is 0.523. The van der Waals surface area contributed by atoms with Gasteiger partial charge in [0.05, 0.1) is 10.8 Å². The van der Waals surface area contributed by atoms with Gasteiger partial charge in [0.25, 0.3) is 0 Å². The summed E-state index contributed by atoms with van der Waals surface area (Å²) in [5, 5.41) is 2.00. The highest BCUT2D eigenvalue weighted by Crippen LogP contribution is 2.40. The molecule has 0 bridgehead atoms. The molecule has 0 unspecified atom stereocenters. The summed E-state index contributed by atoms with van der Waals surface area (Å²) in [6, 6.07) is 15.7. The zero-order valence-electron chi connectivity index (χ0n) is 15.5. The number of hydrogen-bond acceptors (Lipinski definition) is 0. The average molecular weight is 358 g/mol. The van der Waals surface area contributed by atoms with E-state index in [9.17, 15) is 13.2 Å². The Bertz CT molecular complexity index is 955. The molecule has 4 heteroatoms. The molecule has 2 aromatic carbocycles. The SMILES string of the molecule is Cc1ccccc1-c1c2ccc(CC(C)(C)C(F)(F)F)cc2cc[n+]1C. The molecule has 0 saturated carbocycles. The lowest BCUT2D eigenvalue weighted by Crippen LogP contribution is -2.34. The predicted octanol–water partition coefficient (Wildman–Crippen LogP) is 5.77. The third-order valence-corrected chi connectivity index (χ3v) is 5.02. The van der Waals surface area contributed by atoms with E-state index < -0.39 is 11.6 Å². The van der Waals surface area contributed by atoms with Crippen molar-refractivity contribution in [3.8, 4) is 11.3 Å². The van der Waals surface area contributed by atoms with Gasteiger partial charge in [-0.2, -0.15) is 13.2 Å². The Hall–Kier alpha value is -2.36. The van der Waals surface area contributed by atoms with Crippen molar-refractivity contribution in [2.45, 2.75) is 33.4 Å². The van der Waals surface area contributed by atoms with E-state index in [0.29, 0.717) is 5.56 Å². The number of fused-ring (bicyclic) bond motifs is 1. The van der Waals surface area contributed by atoms with Crippen molar-refractivity contribution in [1.29, 1.82) is 0 Å². The summed E-state index contributed by atoms with van der Waals surface area (Å²) in [6.45, 7) is 4.57. The van der Waals surface area contributed by atoms with E-state index in [1.54, 1.807) is 0 Å². The lowest BCUT2D eigenvalue weighted by atomic mass is 9.84. The van der Waals surface area contributed by atoms with Gasteiger partial charge in [0.1, 0.15) is 7.05 Å². The second-order valence-electron chi connectivity index (χ2n) is 7.57. The van der Waals surface area contributed by atoms with E-state index in [1.165, 1.54) is 13.8 Å². The van der Waals surface area contributed by atoms with Gasteiger partial charge in [-0.1, -0.05) is 44.2 Å². The fraction of sp³-hybridized carbons (Fsp3) is 0.318. The molecule has 0 radical (unpaired) electrons. The lowest BCUT2D eigenvalue weighted by molar-refractivity contribution is -0.659. The molecule has 1 aromatic heterocycles. The van der Waals surface area contributed by atoms with Gasteiger partial charge in [0.15, 0.2) is 6.20 Å². The molecule has 26 heavy (non-hydrogen) atoms. The average Bonchev–Trinajstić information content (AvgIpc) is 2.54. The molecule has 136 valence electrons. The molecule has 0 fully saturated rings. The van der Waals surface area contributed by atoms with Crippen LogP contribution in [0.15, 0.2) is 54.7 Å². The summed E-state index contributed by atoms with van der Waals surface area (Å²) < 4.78 is 41.7. The van der Waals surface area contributed by atoms with Crippen LogP contribution < -0.4 is 4.57 Å². The maximum atomic E-state index is 13.2. The van der Waals surface area contributed by atoms with Crippen LogP contribution in [-0.2, 0) is 13.5 Å². The Morgan fingerprint density at radius 2 is 1.65 bits per heavy atom. The highest BCUT2D eigenvalue weighted by atomic mass is 19.4. The number of aromatic nitrogens is 1. The number of rotatable bonds is 3. The Morgan fingerprint density at radius 3 is 2.31 bits per heavy atom. The standard InChI is InChI=1S/C22H23F3N/c1-15-7-5-6-8-18(15)20-19-10-9-16(13-17(19)11-12-26(20)4)14-21(2,3)22(23,24)25/h5-13H,14H2,1-4H3/q+1. The smallest absolute Gasteiger partial charge is 0.200 e. The monoisotopic (exact) mass is 358 g/mol. The molecule has 0 atom stereocenters. The normalized spacial score (nSPS) is 12.6. The summed E-state index contributed by atoms with van der Waals surface area (Å²) in [5.41, 5.74) is 2.31. The molecule has 1 heterocycles. The van der Waals surface area contributed by atoms with Crippen molar-refractivity contribution in [2.24, 2.45) is 12.5 Å². The van der Waals surface area contributed by atoms with Gasteiger partial charge < -0.3 is 0 Å². The molecule has 0 saturated heterocycles. The van der Waals surface area contributed by atoms with Gasteiger partial charge in [-0.25, -0.2) is 4.57 Å². The van der Waals surface area contributed by atoms with E-state index >= 15 is 0 Å². The van der Waals surface area contributed by atoms with Crippen LogP contribution in [0.25, 0.3) is 22.0 Å². The highest BCUT2D eigenvalue weighted by molar-refractivity contribution is 5.93. The van der Waals surface area contributed by atoms with Gasteiger partial charge >= 0.3 is 6.18 Å². The number of benzene rings is 2. The van der Waals surface area contributed by atoms with E-state index in [2.05, 4.69) is 23.6 Å². The first-order valence-electron chi connectivity index (χ1n) is 8.64. The Kier molecular flexibility index (Phi) is 4.55. The van der Waals surface area contributed by atoms with Crippen molar-refractivity contribution in [2.75, 3.05) is 0 Å². The van der Waals surface area contributed by atoms with Crippen LogP contribution in [0, 0.1) is 12.3 Å². The van der Waals surface area contributed by atoms with Crippen LogP contribution >= 0.6 is 0 Å². The van der Waals surface area contributed by atoms with Gasteiger partial charge in [-0.15, -0.1) is 0 Å². The molecule has 1 nitrogen and oxygen atoms in total. The Labute approximate surface area is 152 Å². The zero-order valence-corrected chi connectivity index (χ0v) is 15.5. The third kappa shape index (κ3) is 3.33. The van der Waals surface area contributed by atoms with Crippen LogP contribution in [0.2, 0.25) is 0 Å². The van der Waals surface area contributed by atoms with Gasteiger partial charge in [-0.3, -0.25) is 0 Å². The molecule has 0 spiro atoms. The van der Waals surface area contributed by atoms with Crippen LogP contribution in [0.3, 0.4) is 0 Å². The first kappa shape index (κ1) is 18.4. The van der Waals surface area contributed by atoms with Gasteiger partial charge in [-0.05, 0) is 42.0 Å². The number of aryl methyl sites for hydroxylation is 2. The Balaban J connectivity index is 2.11. The minimum absolute atomic E-state index is 0.0346. The minimum atomic E-state index is -4.22. The second-order valence-corrected chi connectivity index (χ2v) is 7.57. The summed E-state index contributed by atoms with van der Waals surface area (Å²) in [6.07, 6.45) is -2.30. The van der Waals surface area contributed by atoms with E-state index in [-0.39, 0.29) is 6.42 Å². The minimum Gasteiger partial charge on any atom is -0.200 e. The van der Waals surface area contributed by atoms with E-state index in [4.69, 9.17) is 0 Å². The van der Waals surface area contributed by atoms with Crippen molar-refractivity contribution >= 4 is 10.8 Å². The number of alkyl halides is 3. The molecule has 3 rings (SSSR count). The molecule has 0 aliphatic carbocycles. The molecular formula is C22H23F3N+. The first-order valence-corrected chi connectivity index (χ1v) is 8.64. The van der Waals surface area contributed by atoms with Crippen molar-refractivity contribution in [3.05, 3.63) is 65.9 Å². The topological polar surface area (TPSA) is 3.88 Å². The summed E-state index contributed by atoms with van der Waals surface area (Å²) >= 11 is 0. The molecular weight excluding hydrogens is 335 g/mol. The van der Waals surface area contributed by atoms with E-state index in [1.807, 2.05) is 49.6 Å². The second kappa shape index (κ2) is 6.42. The molecule has 0 amide bonds. The third-order valence-electron chi connectivity index (χ3n) is 5.02. The summed E-state index contributed by atoms with van der Waals surface area (Å²) in [7, 11) is 1.99. The molecule has 0 aliphatic rings. The number of hydrogen-bond donors (Lipinski definition) is 0. The predicted molar refractivity (Wildman–Crippen MR) is 98.8 cm³/mol. The zero-order chi connectivity index (χ0) is 19.1. The fourth-order valence-corrected chi connectivity index (χ4v) is 3.32. The maximum absolute atomic E-state index is 13.2. The molecule has 0 N–H and O–H groups in total. The van der Waals surface area contributed by atoms with Crippen LogP contribution in [0.1, 0.15) is 25.0 Å². The first-order chi connectivity index (χ1) is 12.1. The number of pyridine rings is 1. The van der Waals surface area contributed by atoms with Crippen molar-refractivity contribution < 1.29 is 17.7 Å². The van der Waals surface area contributed by atoms with Gasteiger partial charge in [0.2, 0.25) is 5.69 Å². The largest absolute Gasteiger partial charge is 0.394 e. The molecule has 0 aliphatic heterocycles. The maximum Gasteiger partial charge on any atom is 0.394 e. The van der Waals surface area contributed by atoms with Gasteiger partial charge in [0, 0.05) is 11.6 Å². The summed E-state index contributed by atoms with van der Waals surface area (Å²) in [4.78, 5) is 0. The van der Waals surface area contributed by atoms with Crippen LogP contribution in [-0.4, -0.2) is 6.18 Å². The Morgan fingerprint density at radius 1 is 0.962 bits per heavy atom. The fourth-order valence-electron chi connectivity index (χ4n) is 3.32. The summed E-state index contributed by atoms with van der Waals surface area (Å²) in [5.74, 6) is 0. The van der Waals surface area contributed by atoms with Crippen molar-refractivity contribution in [3.63, 3.8) is 0 Å². The van der Waals surface area contributed by atoms with Crippen LogP contribution in [0.4, 0.5) is 13.2 Å².